The lowest BCUT2D eigenvalue weighted by molar-refractivity contribution is 0.0353. The van der Waals surface area contributed by atoms with Gasteiger partial charge in [-0.25, -0.2) is 0 Å². The van der Waals surface area contributed by atoms with E-state index in [-0.39, 0.29) is 6.04 Å². The molecule has 1 atom stereocenters. The summed E-state index contributed by atoms with van der Waals surface area (Å²) in [6.45, 7) is 7.62. The van der Waals surface area contributed by atoms with E-state index in [1.165, 1.54) is 0 Å². The van der Waals surface area contributed by atoms with E-state index in [2.05, 4.69) is 9.62 Å². The lowest BCUT2D eigenvalue weighted by Gasteiger charge is -2.33. The summed E-state index contributed by atoms with van der Waals surface area (Å²) in [5.74, 6) is 0.460. The van der Waals surface area contributed by atoms with E-state index in [0.29, 0.717) is 25.6 Å². The summed E-state index contributed by atoms with van der Waals surface area (Å²) >= 11 is 0. The molecule has 0 spiro atoms. The van der Waals surface area contributed by atoms with Crippen LogP contribution in [0.2, 0.25) is 0 Å². The maximum Gasteiger partial charge on any atom is 0.279 e. The standard InChI is InChI=1S/C13H28N4O3S/c1-12(11-16-6-8-20-9-7-16)15-21(18,19)17-4-2-13(10-14)3-5-17/h12-13,15H,2-11,14H2,1H3. The predicted octanol–water partition coefficient (Wildman–Crippen LogP) is -0.788. The molecule has 2 fully saturated rings. The molecule has 2 rings (SSSR count). The number of hydrogen-bond donors (Lipinski definition) is 2. The number of nitrogens with zero attached hydrogens (tertiary/aromatic N) is 2. The smallest absolute Gasteiger partial charge is 0.279 e. The van der Waals surface area contributed by atoms with Crippen LogP contribution in [0.25, 0.3) is 0 Å². The Morgan fingerprint density at radius 3 is 2.43 bits per heavy atom. The third kappa shape index (κ3) is 5.15. The molecule has 0 aromatic rings. The van der Waals surface area contributed by atoms with Crippen molar-refractivity contribution in [3.8, 4) is 0 Å². The molecule has 124 valence electrons. The molecular formula is C13H28N4O3S. The minimum atomic E-state index is -3.38. The van der Waals surface area contributed by atoms with Crippen LogP contribution in [-0.4, -0.2) is 76.1 Å². The molecule has 1 unspecified atom stereocenters. The molecule has 21 heavy (non-hydrogen) atoms. The van der Waals surface area contributed by atoms with Crippen molar-refractivity contribution in [3.63, 3.8) is 0 Å². The van der Waals surface area contributed by atoms with Crippen molar-refractivity contribution in [1.82, 2.24) is 13.9 Å². The molecule has 2 heterocycles. The molecule has 2 aliphatic heterocycles. The highest BCUT2D eigenvalue weighted by Gasteiger charge is 2.28. The van der Waals surface area contributed by atoms with Gasteiger partial charge in [-0.3, -0.25) is 4.90 Å². The summed E-state index contributed by atoms with van der Waals surface area (Å²) in [5, 5.41) is 0. The van der Waals surface area contributed by atoms with Crippen molar-refractivity contribution in [2.24, 2.45) is 11.7 Å². The van der Waals surface area contributed by atoms with Gasteiger partial charge in [-0.05, 0) is 32.2 Å². The second kappa shape index (κ2) is 7.85. The molecule has 0 amide bonds. The number of morpholine rings is 1. The zero-order chi connectivity index (χ0) is 15.3. The minimum absolute atomic E-state index is 0.0969. The van der Waals surface area contributed by atoms with Crippen molar-refractivity contribution in [2.75, 3.05) is 52.5 Å². The quantitative estimate of drug-likeness (QED) is 0.670. The maximum absolute atomic E-state index is 12.4. The summed E-state index contributed by atoms with van der Waals surface area (Å²) in [5.41, 5.74) is 5.64. The van der Waals surface area contributed by atoms with Gasteiger partial charge in [0.1, 0.15) is 0 Å². The summed E-state index contributed by atoms with van der Waals surface area (Å²) in [6.07, 6.45) is 1.71. The van der Waals surface area contributed by atoms with Crippen LogP contribution in [0, 0.1) is 5.92 Å². The Morgan fingerprint density at radius 1 is 1.24 bits per heavy atom. The monoisotopic (exact) mass is 320 g/mol. The summed E-state index contributed by atoms with van der Waals surface area (Å²) in [7, 11) is -3.38. The Morgan fingerprint density at radius 2 is 1.86 bits per heavy atom. The fourth-order valence-electron chi connectivity index (χ4n) is 2.92. The molecule has 0 aromatic carbocycles. The van der Waals surface area contributed by atoms with E-state index in [1.54, 1.807) is 4.31 Å². The molecule has 0 saturated carbocycles. The van der Waals surface area contributed by atoms with Crippen molar-refractivity contribution >= 4 is 10.2 Å². The van der Waals surface area contributed by atoms with Crippen LogP contribution in [0.3, 0.4) is 0 Å². The highest BCUT2D eigenvalue weighted by Crippen LogP contribution is 2.18. The first-order chi connectivity index (χ1) is 10.0. The van der Waals surface area contributed by atoms with Gasteiger partial charge in [-0.2, -0.15) is 17.4 Å². The first kappa shape index (κ1) is 17.1. The molecule has 0 radical (unpaired) electrons. The van der Waals surface area contributed by atoms with Gasteiger partial charge in [0.2, 0.25) is 0 Å². The summed E-state index contributed by atoms with van der Waals surface area (Å²) in [4.78, 5) is 2.23. The number of piperidine rings is 1. The molecule has 7 nitrogen and oxygen atoms in total. The van der Waals surface area contributed by atoms with Crippen molar-refractivity contribution in [1.29, 1.82) is 0 Å². The largest absolute Gasteiger partial charge is 0.379 e. The van der Waals surface area contributed by atoms with Crippen molar-refractivity contribution in [3.05, 3.63) is 0 Å². The molecule has 2 aliphatic rings. The Kier molecular flexibility index (Phi) is 6.39. The van der Waals surface area contributed by atoms with Crippen LogP contribution in [-0.2, 0) is 14.9 Å². The lowest BCUT2D eigenvalue weighted by Crippen LogP contribution is -2.51. The summed E-state index contributed by atoms with van der Waals surface area (Å²) < 4.78 is 34.4. The first-order valence-electron chi connectivity index (χ1n) is 7.79. The van der Waals surface area contributed by atoms with Crippen LogP contribution < -0.4 is 10.5 Å². The molecule has 0 aliphatic carbocycles. The molecule has 2 saturated heterocycles. The van der Waals surface area contributed by atoms with E-state index in [4.69, 9.17) is 10.5 Å². The predicted molar refractivity (Wildman–Crippen MR) is 82.1 cm³/mol. The van der Waals surface area contributed by atoms with E-state index in [1.807, 2.05) is 6.92 Å². The summed E-state index contributed by atoms with van der Waals surface area (Å²) in [6, 6.07) is -0.0969. The zero-order valence-corrected chi connectivity index (χ0v) is 13.6. The van der Waals surface area contributed by atoms with E-state index in [9.17, 15) is 8.42 Å². The second-order valence-corrected chi connectivity index (χ2v) is 7.72. The highest BCUT2D eigenvalue weighted by molar-refractivity contribution is 7.87. The fourth-order valence-corrected chi connectivity index (χ4v) is 4.35. The van der Waals surface area contributed by atoms with E-state index < -0.39 is 10.2 Å². The number of hydrogen-bond acceptors (Lipinski definition) is 5. The highest BCUT2D eigenvalue weighted by atomic mass is 32.2. The SMILES string of the molecule is CC(CN1CCOCC1)NS(=O)(=O)N1CCC(CN)CC1. The Bertz CT molecular complexity index is 404. The topological polar surface area (TPSA) is 87.9 Å². The maximum atomic E-state index is 12.4. The van der Waals surface area contributed by atoms with Gasteiger partial charge in [0.25, 0.3) is 10.2 Å². The molecular weight excluding hydrogens is 292 g/mol. The van der Waals surface area contributed by atoms with Gasteiger partial charge in [0, 0.05) is 38.8 Å². The first-order valence-corrected chi connectivity index (χ1v) is 9.23. The Balaban J connectivity index is 1.79. The number of nitrogens with two attached hydrogens (primary N) is 1. The van der Waals surface area contributed by atoms with E-state index in [0.717, 1.165) is 45.7 Å². The Labute approximate surface area is 128 Å². The lowest BCUT2D eigenvalue weighted by atomic mass is 9.99. The van der Waals surface area contributed by atoms with Crippen LogP contribution >= 0.6 is 0 Å². The van der Waals surface area contributed by atoms with E-state index >= 15 is 0 Å². The zero-order valence-electron chi connectivity index (χ0n) is 12.8. The second-order valence-electron chi connectivity index (χ2n) is 6.02. The van der Waals surface area contributed by atoms with Crippen LogP contribution in [0.5, 0.6) is 0 Å². The van der Waals surface area contributed by atoms with Crippen LogP contribution in [0.1, 0.15) is 19.8 Å². The fraction of sp³-hybridized carbons (Fsp3) is 1.00. The molecule has 0 bridgehead atoms. The number of rotatable bonds is 6. The van der Waals surface area contributed by atoms with Gasteiger partial charge < -0.3 is 10.5 Å². The average molecular weight is 320 g/mol. The third-order valence-corrected chi connectivity index (χ3v) is 5.98. The van der Waals surface area contributed by atoms with Gasteiger partial charge in [-0.15, -0.1) is 0 Å². The molecule has 3 N–H and O–H groups in total. The number of nitrogens with one attached hydrogen (secondary N) is 1. The van der Waals surface area contributed by atoms with Gasteiger partial charge in [0.05, 0.1) is 13.2 Å². The molecule has 8 heteroatoms. The van der Waals surface area contributed by atoms with Gasteiger partial charge in [0.15, 0.2) is 0 Å². The minimum Gasteiger partial charge on any atom is -0.379 e. The van der Waals surface area contributed by atoms with Crippen molar-refractivity contribution in [2.45, 2.75) is 25.8 Å². The van der Waals surface area contributed by atoms with Crippen molar-refractivity contribution < 1.29 is 13.2 Å². The van der Waals surface area contributed by atoms with Crippen LogP contribution in [0.15, 0.2) is 0 Å². The van der Waals surface area contributed by atoms with Crippen LogP contribution in [0.4, 0.5) is 0 Å². The average Bonchev–Trinajstić information content (AvgIpc) is 2.47. The Hall–Kier alpha value is -0.250. The van der Waals surface area contributed by atoms with Gasteiger partial charge >= 0.3 is 0 Å². The van der Waals surface area contributed by atoms with Gasteiger partial charge in [-0.1, -0.05) is 0 Å². The molecule has 0 aromatic heterocycles. The number of ether oxygens (including phenoxy) is 1. The normalized spacial score (nSPS) is 25.0. The third-order valence-electron chi connectivity index (χ3n) is 4.23.